The van der Waals surface area contributed by atoms with Gasteiger partial charge in [-0.3, -0.25) is 9.59 Å². The van der Waals surface area contributed by atoms with E-state index in [1.54, 1.807) is 29.2 Å². The highest BCUT2D eigenvalue weighted by Crippen LogP contribution is 2.32. The molecule has 0 aromatic heterocycles. The SMILES string of the molecule is O=C(NC1CCN(C(=O)c2ccccc2S)CC1)c1ccccc1C(F)(F)F. The molecular weight excluding hydrogens is 389 g/mol. The van der Waals surface area contributed by atoms with Gasteiger partial charge in [-0.15, -0.1) is 12.6 Å². The predicted octanol–water partition coefficient (Wildman–Crippen LogP) is 4.03. The maximum atomic E-state index is 13.1. The van der Waals surface area contributed by atoms with Gasteiger partial charge in [-0.2, -0.15) is 13.2 Å². The Morgan fingerprint density at radius 2 is 1.54 bits per heavy atom. The summed E-state index contributed by atoms with van der Waals surface area (Å²) in [4.78, 5) is 27.2. The zero-order chi connectivity index (χ0) is 20.3. The van der Waals surface area contributed by atoms with Crippen molar-refractivity contribution in [1.29, 1.82) is 0 Å². The number of amides is 2. The molecule has 8 heteroatoms. The minimum Gasteiger partial charge on any atom is -0.349 e. The minimum atomic E-state index is -4.59. The second kappa shape index (κ2) is 8.26. The normalized spacial score (nSPS) is 15.4. The van der Waals surface area contributed by atoms with Crippen molar-refractivity contribution in [2.24, 2.45) is 0 Å². The Morgan fingerprint density at radius 3 is 2.14 bits per heavy atom. The number of halogens is 3. The lowest BCUT2D eigenvalue weighted by Crippen LogP contribution is -2.46. The third-order valence-corrected chi connectivity index (χ3v) is 5.12. The van der Waals surface area contributed by atoms with Crippen molar-refractivity contribution in [3.8, 4) is 0 Å². The largest absolute Gasteiger partial charge is 0.417 e. The van der Waals surface area contributed by atoms with E-state index in [4.69, 9.17) is 0 Å². The van der Waals surface area contributed by atoms with Gasteiger partial charge in [-0.05, 0) is 37.1 Å². The molecule has 1 aliphatic rings. The van der Waals surface area contributed by atoms with E-state index < -0.39 is 23.2 Å². The van der Waals surface area contributed by atoms with Crippen LogP contribution in [0.1, 0.15) is 39.1 Å². The van der Waals surface area contributed by atoms with Crippen molar-refractivity contribution in [3.05, 3.63) is 65.2 Å². The molecule has 2 aromatic carbocycles. The van der Waals surface area contributed by atoms with Crippen LogP contribution >= 0.6 is 12.6 Å². The van der Waals surface area contributed by atoms with Crippen LogP contribution in [0.3, 0.4) is 0 Å². The van der Waals surface area contributed by atoms with Crippen LogP contribution in [-0.2, 0) is 6.18 Å². The fourth-order valence-corrected chi connectivity index (χ4v) is 3.50. The maximum Gasteiger partial charge on any atom is 0.417 e. The Kier molecular flexibility index (Phi) is 5.98. The summed E-state index contributed by atoms with van der Waals surface area (Å²) in [6.07, 6.45) is -3.65. The molecule has 2 amide bonds. The van der Waals surface area contributed by atoms with Gasteiger partial charge in [0.1, 0.15) is 0 Å². The smallest absolute Gasteiger partial charge is 0.349 e. The molecule has 1 fully saturated rings. The van der Waals surface area contributed by atoms with Crippen molar-refractivity contribution in [2.75, 3.05) is 13.1 Å². The van der Waals surface area contributed by atoms with E-state index in [9.17, 15) is 22.8 Å². The summed E-state index contributed by atoms with van der Waals surface area (Å²) < 4.78 is 39.3. The van der Waals surface area contributed by atoms with E-state index in [0.29, 0.717) is 36.4 Å². The number of likely N-dealkylation sites (tertiary alicyclic amines) is 1. The number of nitrogens with zero attached hydrogens (tertiary/aromatic N) is 1. The van der Waals surface area contributed by atoms with E-state index in [1.165, 1.54) is 18.2 Å². The van der Waals surface area contributed by atoms with Crippen LogP contribution in [0.15, 0.2) is 53.4 Å². The van der Waals surface area contributed by atoms with Crippen LogP contribution in [0.25, 0.3) is 0 Å². The number of benzene rings is 2. The summed E-state index contributed by atoms with van der Waals surface area (Å²) in [6, 6.07) is 11.4. The van der Waals surface area contributed by atoms with Gasteiger partial charge in [0.05, 0.1) is 16.7 Å². The van der Waals surface area contributed by atoms with Crippen molar-refractivity contribution >= 4 is 24.4 Å². The van der Waals surface area contributed by atoms with Gasteiger partial charge in [0.15, 0.2) is 0 Å². The molecule has 3 rings (SSSR count). The molecule has 2 aromatic rings. The average Bonchev–Trinajstić information content (AvgIpc) is 2.68. The second-order valence-corrected chi connectivity index (χ2v) is 7.08. The molecule has 0 radical (unpaired) electrons. The number of rotatable bonds is 3. The average molecular weight is 408 g/mol. The first kappa shape index (κ1) is 20.3. The fraction of sp³-hybridized carbons (Fsp3) is 0.300. The number of hydrogen-bond donors (Lipinski definition) is 2. The topological polar surface area (TPSA) is 49.4 Å². The van der Waals surface area contributed by atoms with Gasteiger partial charge in [0.2, 0.25) is 0 Å². The number of alkyl halides is 3. The molecule has 1 N–H and O–H groups in total. The Bertz CT molecular complexity index is 878. The molecule has 0 aliphatic carbocycles. The van der Waals surface area contributed by atoms with E-state index in [1.807, 2.05) is 0 Å². The third kappa shape index (κ3) is 4.49. The summed E-state index contributed by atoms with van der Waals surface area (Å²) >= 11 is 4.30. The number of piperidine rings is 1. The van der Waals surface area contributed by atoms with Gasteiger partial charge < -0.3 is 10.2 Å². The summed E-state index contributed by atoms with van der Waals surface area (Å²) in [6.45, 7) is 0.819. The Hall–Kier alpha value is -2.48. The molecule has 1 saturated heterocycles. The van der Waals surface area contributed by atoms with E-state index in [0.717, 1.165) is 6.07 Å². The Morgan fingerprint density at radius 1 is 0.964 bits per heavy atom. The number of nitrogens with one attached hydrogen (secondary N) is 1. The maximum absolute atomic E-state index is 13.1. The molecular formula is C20H19F3N2O2S. The van der Waals surface area contributed by atoms with Crippen molar-refractivity contribution in [2.45, 2.75) is 30.0 Å². The highest BCUT2D eigenvalue weighted by Gasteiger charge is 2.35. The number of carbonyl (C=O) groups is 2. The first-order valence-corrected chi connectivity index (χ1v) is 9.26. The number of hydrogen-bond acceptors (Lipinski definition) is 3. The van der Waals surface area contributed by atoms with Gasteiger partial charge >= 0.3 is 6.18 Å². The van der Waals surface area contributed by atoms with Crippen LogP contribution in [0.4, 0.5) is 13.2 Å². The Balaban J connectivity index is 1.62. The minimum absolute atomic E-state index is 0.141. The zero-order valence-corrected chi connectivity index (χ0v) is 15.8. The van der Waals surface area contributed by atoms with Crippen molar-refractivity contribution < 1.29 is 22.8 Å². The zero-order valence-electron chi connectivity index (χ0n) is 14.9. The molecule has 148 valence electrons. The van der Waals surface area contributed by atoms with Crippen molar-refractivity contribution in [3.63, 3.8) is 0 Å². The van der Waals surface area contributed by atoms with Crippen LogP contribution in [0, 0.1) is 0 Å². The Labute approximate surface area is 166 Å². The van der Waals surface area contributed by atoms with E-state index in [-0.39, 0.29) is 11.9 Å². The molecule has 1 heterocycles. The standard InChI is InChI=1S/C20H19F3N2O2S/c21-20(22,23)16-7-3-1-5-14(16)18(26)24-13-9-11-25(12-10-13)19(27)15-6-2-4-8-17(15)28/h1-8,13,28H,9-12H2,(H,24,26). The molecule has 0 atom stereocenters. The highest BCUT2D eigenvalue weighted by molar-refractivity contribution is 7.80. The molecule has 0 bridgehead atoms. The van der Waals surface area contributed by atoms with E-state index >= 15 is 0 Å². The van der Waals surface area contributed by atoms with Crippen molar-refractivity contribution in [1.82, 2.24) is 10.2 Å². The third-order valence-electron chi connectivity index (χ3n) is 4.73. The lowest BCUT2D eigenvalue weighted by atomic mass is 10.0. The van der Waals surface area contributed by atoms with E-state index in [2.05, 4.69) is 17.9 Å². The molecule has 0 spiro atoms. The van der Waals surface area contributed by atoms with Gasteiger partial charge in [0, 0.05) is 24.0 Å². The highest BCUT2D eigenvalue weighted by atomic mass is 32.1. The van der Waals surface area contributed by atoms with Crippen LogP contribution in [0.5, 0.6) is 0 Å². The first-order chi connectivity index (χ1) is 13.3. The second-order valence-electron chi connectivity index (χ2n) is 6.60. The predicted molar refractivity (Wildman–Crippen MR) is 102 cm³/mol. The van der Waals surface area contributed by atoms with Gasteiger partial charge in [-0.25, -0.2) is 0 Å². The monoisotopic (exact) mass is 408 g/mol. The molecule has 28 heavy (non-hydrogen) atoms. The van der Waals surface area contributed by atoms with Crippen LogP contribution in [-0.4, -0.2) is 35.8 Å². The molecule has 1 aliphatic heterocycles. The lowest BCUT2D eigenvalue weighted by molar-refractivity contribution is -0.137. The van der Waals surface area contributed by atoms with Crippen LogP contribution < -0.4 is 5.32 Å². The summed E-state index contributed by atoms with van der Waals surface area (Å²) in [5, 5.41) is 2.67. The summed E-state index contributed by atoms with van der Waals surface area (Å²) in [5.41, 5.74) is -0.838. The molecule has 4 nitrogen and oxygen atoms in total. The fourth-order valence-electron chi connectivity index (χ4n) is 3.24. The number of thiol groups is 1. The van der Waals surface area contributed by atoms with Crippen LogP contribution in [0.2, 0.25) is 0 Å². The summed E-state index contributed by atoms with van der Waals surface area (Å²) in [5.74, 6) is -0.892. The molecule has 0 saturated carbocycles. The first-order valence-electron chi connectivity index (χ1n) is 8.81. The molecule has 0 unspecified atom stereocenters. The van der Waals surface area contributed by atoms with Gasteiger partial charge in [-0.1, -0.05) is 24.3 Å². The number of carbonyl (C=O) groups excluding carboxylic acids is 2. The summed E-state index contributed by atoms with van der Waals surface area (Å²) in [7, 11) is 0. The lowest BCUT2D eigenvalue weighted by Gasteiger charge is -2.32. The quantitative estimate of drug-likeness (QED) is 0.754. The van der Waals surface area contributed by atoms with Gasteiger partial charge in [0.25, 0.3) is 11.8 Å².